The smallest absolute Gasteiger partial charge is 0.261 e. The topological polar surface area (TPSA) is 67.9 Å². The lowest BCUT2D eigenvalue weighted by Gasteiger charge is -2.31. The molecule has 3 rings (SSSR count). The molecule has 1 N–H and O–H groups in total. The molecule has 172 valence electrons. The van der Waals surface area contributed by atoms with Gasteiger partial charge in [-0.1, -0.05) is 60.2 Å². The molecule has 0 unspecified atom stereocenters. The molecule has 0 aliphatic carbocycles. The Morgan fingerprint density at radius 1 is 0.909 bits per heavy atom. The van der Waals surface area contributed by atoms with Gasteiger partial charge in [-0.2, -0.15) is 0 Å². The number of benzene rings is 3. The number of carbonyl (C=O) groups is 2. The maximum atomic E-state index is 13.4. The number of ether oxygens (including phenoxy) is 2. The summed E-state index contributed by atoms with van der Waals surface area (Å²) in [7, 11) is 3.18. The Morgan fingerprint density at radius 3 is 2.27 bits per heavy atom. The van der Waals surface area contributed by atoms with Crippen LogP contribution in [-0.2, 0) is 22.6 Å². The summed E-state index contributed by atoms with van der Waals surface area (Å²) in [5.74, 6) is 0.790. The standard InChI is InChI=1S/C27H30N2O4/c1-20-12-14-23(15-13-20)33-19-26(30)29(18-22-10-7-11-24(16-22)32-3)25(27(31)28-2)17-21-8-5-4-6-9-21/h4-16,25H,17-19H2,1-3H3,(H,28,31)/t25-/m0/s1. The van der Waals surface area contributed by atoms with Crippen LogP contribution in [0.1, 0.15) is 16.7 Å². The van der Waals surface area contributed by atoms with Gasteiger partial charge in [0.2, 0.25) is 5.91 Å². The number of likely N-dealkylation sites (N-methyl/N-ethyl adjacent to an activating group) is 1. The average Bonchev–Trinajstić information content (AvgIpc) is 2.86. The van der Waals surface area contributed by atoms with Crippen LogP contribution in [0.5, 0.6) is 11.5 Å². The number of amides is 2. The summed E-state index contributed by atoms with van der Waals surface area (Å²) < 4.78 is 11.1. The molecule has 0 radical (unpaired) electrons. The lowest BCUT2D eigenvalue weighted by atomic mass is 10.0. The van der Waals surface area contributed by atoms with Crippen molar-refractivity contribution >= 4 is 11.8 Å². The molecule has 0 saturated heterocycles. The summed E-state index contributed by atoms with van der Waals surface area (Å²) in [6.45, 7) is 2.07. The van der Waals surface area contributed by atoms with Crippen molar-refractivity contribution < 1.29 is 19.1 Å². The van der Waals surface area contributed by atoms with Crippen molar-refractivity contribution in [2.24, 2.45) is 0 Å². The Labute approximate surface area is 195 Å². The van der Waals surface area contributed by atoms with Crippen LogP contribution in [0, 0.1) is 6.92 Å². The van der Waals surface area contributed by atoms with Crippen molar-refractivity contribution in [2.75, 3.05) is 20.8 Å². The molecule has 2 amide bonds. The van der Waals surface area contributed by atoms with Crippen molar-refractivity contribution in [3.63, 3.8) is 0 Å². The van der Waals surface area contributed by atoms with Gasteiger partial charge in [0.05, 0.1) is 7.11 Å². The van der Waals surface area contributed by atoms with Gasteiger partial charge in [0, 0.05) is 20.0 Å². The molecule has 0 heterocycles. The summed E-state index contributed by atoms with van der Waals surface area (Å²) >= 11 is 0. The summed E-state index contributed by atoms with van der Waals surface area (Å²) in [6, 6.07) is 24.0. The van der Waals surface area contributed by atoms with Gasteiger partial charge in [0.1, 0.15) is 17.5 Å². The molecule has 0 saturated carbocycles. The predicted molar refractivity (Wildman–Crippen MR) is 128 cm³/mol. The third-order valence-electron chi connectivity index (χ3n) is 5.39. The van der Waals surface area contributed by atoms with Crippen LogP contribution < -0.4 is 14.8 Å². The van der Waals surface area contributed by atoms with E-state index in [-0.39, 0.29) is 25.0 Å². The quantitative estimate of drug-likeness (QED) is 0.515. The second kappa shape index (κ2) is 11.7. The van der Waals surface area contributed by atoms with E-state index in [4.69, 9.17) is 9.47 Å². The highest BCUT2D eigenvalue weighted by atomic mass is 16.5. The van der Waals surface area contributed by atoms with E-state index in [1.165, 1.54) is 0 Å². The second-order valence-electron chi connectivity index (χ2n) is 7.79. The van der Waals surface area contributed by atoms with E-state index in [2.05, 4.69) is 5.32 Å². The van der Waals surface area contributed by atoms with Gasteiger partial charge >= 0.3 is 0 Å². The Kier molecular flexibility index (Phi) is 8.47. The highest BCUT2D eigenvalue weighted by molar-refractivity contribution is 5.88. The van der Waals surface area contributed by atoms with Crippen LogP contribution >= 0.6 is 0 Å². The van der Waals surface area contributed by atoms with E-state index in [0.717, 1.165) is 16.7 Å². The molecule has 0 aliphatic rings. The largest absolute Gasteiger partial charge is 0.497 e. The predicted octanol–water partition coefficient (Wildman–Crippen LogP) is 3.77. The third-order valence-corrected chi connectivity index (χ3v) is 5.39. The van der Waals surface area contributed by atoms with Crippen LogP contribution in [0.3, 0.4) is 0 Å². The molecular weight excluding hydrogens is 416 g/mol. The van der Waals surface area contributed by atoms with Gasteiger partial charge in [-0.3, -0.25) is 9.59 Å². The first-order valence-electron chi connectivity index (χ1n) is 10.9. The van der Waals surface area contributed by atoms with E-state index in [1.807, 2.05) is 85.8 Å². The van der Waals surface area contributed by atoms with Crippen LogP contribution in [0.25, 0.3) is 0 Å². The van der Waals surface area contributed by atoms with E-state index in [1.54, 1.807) is 19.1 Å². The molecule has 0 aromatic heterocycles. The third kappa shape index (κ3) is 6.84. The van der Waals surface area contributed by atoms with Crippen LogP contribution in [0.15, 0.2) is 78.9 Å². The number of hydrogen-bond acceptors (Lipinski definition) is 4. The van der Waals surface area contributed by atoms with Crippen molar-refractivity contribution in [1.82, 2.24) is 10.2 Å². The summed E-state index contributed by atoms with van der Waals surface area (Å²) in [5.41, 5.74) is 2.94. The molecule has 33 heavy (non-hydrogen) atoms. The van der Waals surface area contributed by atoms with E-state index < -0.39 is 6.04 Å². The highest BCUT2D eigenvalue weighted by Gasteiger charge is 2.30. The molecular formula is C27H30N2O4. The second-order valence-corrected chi connectivity index (χ2v) is 7.79. The first-order chi connectivity index (χ1) is 16.0. The van der Waals surface area contributed by atoms with Gasteiger partial charge in [-0.05, 0) is 42.3 Å². The zero-order chi connectivity index (χ0) is 23.6. The first-order valence-corrected chi connectivity index (χ1v) is 10.9. The number of nitrogens with one attached hydrogen (secondary N) is 1. The molecule has 3 aromatic carbocycles. The fraction of sp³-hybridized carbons (Fsp3) is 0.259. The Morgan fingerprint density at radius 2 is 1.61 bits per heavy atom. The normalized spacial score (nSPS) is 11.4. The van der Waals surface area contributed by atoms with E-state index in [9.17, 15) is 9.59 Å². The fourth-order valence-electron chi connectivity index (χ4n) is 3.55. The summed E-state index contributed by atoms with van der Waals surface area (Å²) in [6.07, 6.45) is 0.390. The monoisotopic (exact) mass is 446 g/mol. The minimum Gasteiger partial charge on any atom is -0.497 e. The average molecular weight is 447 g/mol. The fourth-order valence-corrected chi connectivity index (χ4v) is 3.55. The zero-order valence-corrected chi connectivity index (χ0v) is 19.3. The van der Waals surface area contributed by atoms with Crippen molar-refractivity contribution in [2.45, 2.75) is 25.9 Å². The first kappa shape index (κ1) is 23.9. The summed E-state index contributed by atoms with van der Waals surface area (Å²) in [4.78, 5) is 27.9. The molecule has 0 spiro atoms. The number of carbonyl (C=O) groups excluding carboxylic acids is 2. The van der Waals surface area contributed by atoms with Crippen molar-refractivity contribution in [1.29, 1.82) is 0 Å². The van der Waals surface area contributed by atoms with Gasteiger partial charge in [-0.25, -0.2) is 0 Å². The van der Waals surface area contributed by atoms with Gasteiger partial charge in [0.25, 0.3) is 5.91 Å². The molecule has 3 aromatic rings. The molecule has 1 atom stereocenters. The maximum Gasteiger partial charge on any atom is 0.261 e. The lowest BCUT2D eigenvalue weighted by Crippen LogP contribution is -2.51. The Hall–Kier alpha value is -3.80. The highest BCUT2D eigenvalue weighted by Crippen LogP contribution is 2.19. The van der Waals surface area contributed by atoms with Gasteiger partial charge in [0.15, 0.2) is 6.61 Å². The molecule has 0 bridgehead atoms. The Balaban J connectivity index is 1.87. The molecule has 0 fully saturated rings. The van der Waals surface area contributed by atoms with Crippen LogP contribution in [-0.4, -0.2) is 43.5 Å². The SMILES string of the molecule is CNC(=O)[C@H](Cc1ccccc1)N(Cc1cccc(OC)c1)C(=O)COc1ccc(C)cc1. The van der Waals surface area contributed by atoms with Crippen molar-refractivity contribution in [3.05, 3.63) is 95.6 Å². The molecule has 6 heteroatoms. The minimum atomic E-state index is -0.697. The van der Waals surface area contributed by atoms with Crippen LogP contribution in [0.2, 0.25) is 0 Å². The van der Waals surface area contributed by atoms with E-state index in [0.29, 0.717) is 17.9 Å². The van der Waals surface area contributed by atoms with E-state index >= 15 is 0 Å². The van der Waals surface area contributed by atoms with Crippen LogP contribution in [0.4, 0.5) is 0 Å². The van der Waals surface area contributed by atoms with Gasteiger partial charge < -0.3 is 19.7 Å². The Bertz CT molecular complexity index is 1050. The minimum absolute atomic E-state index is 0.171. The number of nitrogens with zero attached hydrogens (tertiary/aromatic N) is 1. The number of hydrogen-bond donors (Lipinski definition) is 1. The number of methoxy groups -OCH3 is 1. The number of rotatable bonds is 10. The zero-order valence-electron chi connectivity index (χ0n) is 19.3. The van der Waals surface area contributed by atoms with Gasteiger partial charge in [-0.15, -0.1) is 0 Å². The lowest BCUT2D eigenvalue weighted by molar-refractivity contribution is -0.142. The maximum absolute atomic E-state index is 13.4. The molecule has 6 nitrogen and oxygen atoms in total. The molecule has 0 aliphatic heterocycles. The summed E-state index contributed by atoms with van der Waals surface area (Å²) in [5, 5.41) is 2.71. The number of aryl methyl sites for hydroxylation is 1. The van der Waals surface area contributed by atoms with Crippen molar-refractivity contribution in [3.8, 4) is 11.5 Å².